The summed E-state index contributed by atoms with van der Waals surface area (Å²) in [5.41, 5.74) is 1.19. The molecule has 0 aliphatic rings. The average Bonchev–Trinajstić information content (AvgIpc) is 2.88. The second-order valence-electron chi connectivity index (χ2n) is 4.29. The molecular formula is C15H18BrNOS. The number of methoxy groups -OCH3 is 1. The van der Waals surface area contributed by atoms with Crippen LogP contribution >= 0.6 is 27.3 Å². The van der Waals surface area contributed by atoms with Gasteiger partial charge < -0.3 is 10.1 Å². The van der Waals surface area contributed by atoms with Crippen LogP contribution in [-0.2, 0) is 6.54 Å². The van der Waals surface area contributed by atoms with Crippen LogP contribution < -0.4 is 10.1 Å². The Labute approximate surface area is 126 Å². The van der Waals surface area contributed by atoms with Crippen LogP contribution in [0, 0.1) is 0 Å². The molecule has 0 aliphatic heterocycles. The number of rotatable bonds is 6. The standard InChI is InChI=1S/C15H18BrNOS/c1-3-8-17-10-12-5-7-15(19-12)13-9-11(18-2)4-6-14(13)16/h4-7,9,17H,3,8,10H2,1-2H3. The lowest BCUT2D eigenvalue weighted by atomic mass is 10.2. The Kier molecular flexibility index (Phi) is 5.43. The van der Waals surface area contributed by atoms with E-state index in [4.69, 9.17) is 4.74 Å². The first-order valence-corrected chi connectivity index (χ1v) is 7.99. The predicted molar refractivity (Wildman–Crippen MR) is 86.0 cm³/mol. The number of ether oxygens (including phenoxy) is 1. The molecule has 0 aliphatic carbocycles. The van der Waals surface area contributed by atoms with Crippen LogP contribution in [0.2, 0.25) is 0 Å². The zero-order chi connectivity index (χ0) is 13.7. The highest BCUT2D eigenvalue weighted by Gasteiger charge is 2.08. The molecule has 102 valence electrons. The fourth-order valence-corrected chi connectivity index (χ4v) is 3.43. The van der Waals surface area contributed by atoms with E-state index in [1.807, 2.05) is 23.5 Å². The molecule has 2 rings (SSSR count). The molecule has 1 heterocycles. The van der Waals surface area contributed by atoms with Gasteiger partial charge in [0.25, 0.3) is 0 Å². The number of halogens is 1. The number of hydrogen-bond donors (Lipinski definition) is 1. The Balaban J connectivity index is 2.17. The highest BCUT2D eigenvalue weighted by atomic mass is 79.9. The topological polar surface area (TPSA) is 21.3 Å². The van der Waals surface area contributed by atoms with Crippen molar-refractivity contribution in [3.8, 4) is 16.2 Å². The number of thiophene rings is 1. The number of hydrogen-bond acceptors (Lipinski definition) is 3. The van der Waals surface area contributed by atoms with Crippen LogP contribution in [0.4, 0.5) is 0 Å². The molecular weight excluding hydrogens is 322 g/mol. The fourth-order valence-electron chi connectivity index (χ4n) is 1.83. The zero-order valence-corrected chi connectivity index (χ0v) is 13.6. The van der Waals surface area contributed by atoms with E-state index in [-0.39, 0.29) is 0 Å². The minimum Gasteiger partial charge on any atom is -0.497 e. The summed E-state index contributed by atoms with van der Waals surface area (Å²) in [6, 6.07) is 10.4. The smallest absolute Gasteiger partial charge is 0.119 e. The summed E-state index contributed by atoms with van der Waals surface area (Å²) in [5.74, 6) is 0.886. The second kappa shape index (κ2) is 7.08. The first-order valence-electron chi connectivity index (χ1n) is 6.38. The molecule has 0 bridgehead atoms. The molecule has 0 atom stereocenters. The summed E-state index contributed by atoms with van der Waals surface area (Å²) in [6.45, 7) is 4.19. The average molecular weight is 340 g/mol. The lowest BCUT2D eigenvalue weighted by Gasteiger charge is -2.05. The first kappa shape index (κ1) is 14.6. The van der Waals surface area contributed by atoms with E-state index in [0.29, 0.717) is 0 Å². The van der Waals surface area contributed by atoms with Gasteiger partial charge in [0.05, 0.1) is 7.11 Å². The van der Waals surface area contributed by atoms with Crippen molar-refractivity contribution >= 4 is 27.3 Å². The van der Waals surface area contributed by atoms with Crippen molar-refractivity contribution in [1.82, 2.24) is 5.32 Å². The zero-order valence-electron chi connectivity index (χ0n) is 11.2. The molecule has 1 aromatic carbocycles. The summed E-state index contributed by atoms with van der Waals surface area (Å²) in [6.07, 6.45) is 1.17. The van der Waals surface area contributed by atoms with Crippen molar-refractivity contribution in [2.45, 2.75) is 19.9 Å². The molecule has 0 unspecified atom stereocenters. The minimum atomic E-state index is 0.886. The highest BCUT2D eigenvalue weighted by molar-refractivity contribution is 9.10. The largest absolute Gasteiger partial charge is 0.497 e. The fraction of sp³-hybridized carbons (Fsp3) is 0.333. The van der Waals surface area contributed by atoms with Gasteiger partial charge in [-0.15, -0.1) is 11.3 Å². The van der Waals surface area contributed by atoms with Gasteiger partial charge in [-0.1, -0.05) is 22.9 Å². The molecule has 0 saturated carbocycles. The number of nitrogens with one attached hydrogen (secondary N) is 1. The molecule has 1 N–H and O–H groups in total. The molecule has 2 aromatic rings. The predicted octanol–water partition coefficient (Wildman–Crippen LogP) is 4.69. The van der Waals surface area contributed by atoms with E-state index in [1.165, 1.54) is 21.7 Å². The Morgan fingerprint density at radius 1 is 1.26 bits per heavy atom. The molecule has 1 aromatic heterocycles. The normalized spacial score (nSPS) is 10.7. The van der Waals surface area contributed by atoms with Crippen LogP contribution in [0.25, 0.3) is 10.4 Å². The molecule has 0 amide bonds. The van der Waals surface area contributed by atoms with Crippen molar-refractivity contribution < 1.29 is 4.74 Å². The van der Waals surface area contributed by atoms with Crippen LogP contribution in [-0.4, -0.2) is 13.7 Å². The Morgan fingerprint density at radius 3 is 2.84 bits per heavy atom. The Morgan fingerprint density at radius 2 is 2.11 bits per heavy atom. The van der Waals surface area contributed by atoms with E-state index >= 15 is 0 Å². The van der Waals surface area contributed by atoms with E-state index < -0.39 is 0 Å². The maximum Gasteiger partial charge on any atom is 0.119 e. The third-order valence-corrected chi connectivity index (χ3v) is 4.64. The highest BCUT2D eigenvalue weighted by Crippen LogP contribution is 2.35. The van der Waals surface area contributed by atoms with Gasteiger partial charge in [0.2, 0.25) is 0 Å². The Hall–Kier alpha value is -0.840. The van der Waals surface area contributed by atoms with Crippen LogP contribution in [0.5, 0.6) is 5.75 Å². The van der Waals surface area contributed by atoms with Gasteiger partial charge in [0.1, 0.15) is 5.75 Å². The van der Waals surface area contributed by atoms with E-state index in [0.717, 1.165) is 23.3 Å². The van der Waals surface area contributed by atoms with Crippen molar-refractivity contribution in [3.63, 3.8) is 0 Å². The van der Waals surface area contributed by atoms with Crippen molar-refractivity contribution in [2.75, 3.05) is 13.7 Å². The Bertz CT molecular complexity index is 539. The minimum absolute atomic E-state index is 0.886. The molecule has 0 radical (unpaired) electrons. The van der Waals surface area contributed by atoms with Crippen LogP contribution in [0.15, 0.2) is 34.8 Å². The number of benzene rings is 1. The maximum atomic E-state index is 5.29. The van der Waals surface area contributed by atoms with E-state index in [9.17, 15) is 0 Å². The van der Waals surface area contributed by atoms with Gasteiger partial charge in [-0.25, -0.2) is 0 Å². The first-order chi connectivity index (χ1) is 9.24. The maximum absolute atomic E-state index is 5.29. The molecule has 0 fully saturated rings. The van der Waals surface area contributed by atoms with E-state index in [2.05, 4.69) is 46.4 Å². The molecule has 0 spiro atoms. The molecule has 4 heteroatoms. The van der Waals surface area contributed by atoms with Gasteiger partial charge in [0, 0.05) is 26.3 Å². The summed E-state index contributed by atoms with van der Waals surface area (Å²) >= 11 is 5.43. The lowest BCUT2D eigenvalue weighted by molar-refractivity contribution is 0.415. The van der Waals surface area contributed by atoms with Gasteiger partial charge in [-0.2, -0.15) is 0 Å². The molecule has 2 nitrogen and oxygen atoms in total. The van der Waals surface area contributed by atoms with Gasteiger partial charge in [-0.05, 0) is 43.3 Å². The van der Waals surface area contributed by atoms with Gasteiger partial charge in [-0.3, -0.25) is 0 Å². The summed E-state index contributed by atoms with van der Waals surface area (Å²) < 4.78 is 6.39. The van der Waals surface area contributed by atoms with Crippen molar-refractivity contribution in [2.24, 2.45) is 0 Å². The van der Waals surface area contributed by atoms with Gasteiger partial charge in [0.15, 0.2) is 0 Å². The van der Waals surface area contributed by atoms with Crippen molar-refractivity contribution in [3.05, 3.63) is 39.7 Å². The monoisotopic (exact) mass is 339 g/mol. The van der Waals surface area contributed by atoms with Crippen LogP contribution in [0.1, 0.15) is 18.2 Å². The van der Waals surface area contributed by atoms with Crippen LogP contribution in [0.3, 0.4) is 0 Å². The van der Waals surface area contributed by atoms with Gasteiger partial charge >= 0.3 is 0 Å². The third-order valence-electron chi connectivity index (χ3n) is 2.83. The third kappa shape index (κ3) is 3.81. The quantitative estimate of drug-likeness (QED) is 0.771. The summed E-state index contributed by atoms with van der Waals surface area (Å²) in [4.78, 5) is 2.62. The summed E-state index contributed by atoms with van der Waals surface area (Å²) in [5, 5.41) is 3.43. The summed E-state index contributed by atoms with van der Waals surface area (Å²) in [7, 11) is 1.70. The SMILES string of the molecule is CCCNCc1ccc(-c2cc(OC)ccc2Br)s1. The van der Waals surface area contributed by atoms with Crippen molar-refractivity contribution in [1.29, 1.82) is 0 Å². The molecule has 19 heavy (non-hydrogen) atoms. The van der Waals surface area contributed by atoms with E-state index in [1.54, 1.807) is 7.11 Å². The lowest BCUT2D eigenvalue weighted by Crippen LogP contribution is -2.12. The second-order valence-corrected chi connectivity index (χ2v) is 6.31. The molecule has 0 saturated heterocycles.